The van der Waals surface area contributed by atoms with Gasteiger partial charge in [0.05, 0.1) is 12.2 Å². The van der Waals surface area contributed by atoms with Crippen LogP contribution in [0.25, 0.3) is 0 Å². The molecule has 1 aromatic rings. The summed E-state index contributed by atoms with van der Waals surface area (Å²) in [5.74, 6) is 2.14. The van der Waals surface area contributed by atoms with E-state index in [4.69, 9.17) is 16.3 Å². The zero-order chi connectivity index (χ0) is 19.6. The first-order chi connectivity index (χ1) is 12.9. The molecule has 0 radical (unpaired) electrons. The molecule has 1 heterocycles. The van der Waals surface area contributed by atoms with Crippen molar-refractivity contribution in [3.05, 3.63) is 41.5 Å². The van der Waals surface area contributed by atoms with Gasteiger partial charge in [0.2, 0.25) is 0 Å². The Morgan fingerprint density at radius 2 is 2.26 bits per heavy atom. The van der Waals surface area contributed by atoms with Gasteiger partial charge >= 0.3 is 5.97 Å². The number of para-hydroxylation sites is 1. The maximum atomic E-state index is 10.8. The number of rotatable bonds is 7. The van der Waals surface area contributed by atoms with E-state index in [-0.39, 0.29) is 30.3 Å². The van der Waals surface area contributed by atoms with Crippen molar-refractivity contribution in [1.82, 2.24) is 0 Å². The van der Waals surface area contributed by atoms with E-state index in [2.05, 4.69) is 5.92 Å². The fraction of sp³-hybridized carbons (Fsp3) is 0.500. The van der Waals surface area contributed by atoms with Crippen molar-refractivity contribution in [3.63, 3.8) is 0 Å². The topological polar surface area (TPSA) is 87.0 Å². The van der Waals surface area contributed by atoms with Crippen LogP contribution in [0.4, 0.5) is 0 Å². The van der Waals surface area contributed by atoms with Gasteiger partial charge in [0.15, 0.2) is 0 Å². The van der Waals surface area contributed by atoms with Gasteiger partial charge in [-0.15, -0.1) is 12.3 Å². The number of aliphatic carboxylic acids is 1. The van der Waals surface area contributed by atoms with Gasteiger partial charge in [-0.25, -0.2) is 0 Å². The number of terminal acetylenes is 1. The number of carboxylic acids is 1. The van der Waals surface area contributed by atoms with Crippen LogP contribution < -0.4 is 4.74 Å². The zero-order valence-electron chi connectivity index (χ0n) is 15.4. The summed E-state index contributed by atoms with van der Waals surface area (Å²) in [5.41, 5.74) is 2.07. The quantitative estimate of drug-likeness (QED) is 0.507. The van der Waals surface area contributed by atoms with Crippen LogP contribution in [0.3, 0.4) is 0 Å². The predicted molar refractivity (Wildman–Crippen MR) is 101 cm³/mol. The molecular weight excluding hydrogens is 344 g/mol. The number of benzene rings is 1. The maximum Gasteiger partial charge on any atom is 0.303 e. The summed E-state index contributed by atoms with van der Waals surface area (Å²) < 4.78 is 6.16. The summed E-state index contributed by atoms with van der Waals surface area (Å²) in [6, 6.07) is 5.95. The number of carbonyl (C=O) groups is 1. The number of hydrogen-bond acceptors (Lipinski definition) is 4. The van der Waals surface area contributed by atoms with Crippen molar-refractivity contribution in [1.29, 1.82) is 0 Å². The van der Waals surface area contributed by atoms with Crippen LogP contribution in [-0.2, 0) is 11.2 Å². The van der Waals surface area contributed by atoms with Crippen LogP contribution in [0.1, 0.15) is 43.2 Å². The van der Waals surface area contributed by atoms with E-state index in [0.29, 0.717) is 19.3 Å². The molecule has 3 rings (SSSR count). The van der Waals surface area contributed by atoms with E-state index in [1.165, 1.54) is 0 Å². The lowest BCUT2D eigenvalue weighted by Gasteiger charge is -2.18. The van der Waals surface area contributed by atoms with Crippen LogP contribution in [0.5, 0.6) is 5.75 Å². The van der Waals surface area contributed by atoms with Gasteiger partial charge in [0, 0.05) is 36.2 Å². The number of hydrogen-bond donors (Lipinski definition) is 3. The second-order valence-electron chi connectivity index (χ2n) is 7.48. The fourth-order valence-corrected chi connectivity index (χ4v) is 4.10. The van der Waals surface area contributed by atoms with E-state index in [0.717, 1.165) is 16.9 Å². The highest BCUT2D eigenvalue weighted by atomic mass is 16.5. The highest BCUT2D eigenvalue weighted by Crippen LogP contribution is 2.52. The minimum absolute atomic E-state index is 0.0269. The van der Waals surface area contributed by atoms with E-state index in [9.17, 15) is 15.0 Å². The molecule has 5 heteroatoms. The second-order valence-corrected chi connectivity index (χ2v) is 7.48. The average Bonchev–Trinajstić information content (AvgIpc) is 3.14. The summed E-state index contributed by atoms with van der Waals surface area (Å²) in [5, 5.41) is 29.4. The number of carboxylic acid groups (broad SMARTS) is 1. The molecule has 0 saturated heterocycles. The van der Waals surface area contributed by atoms with Crippen molar-refractivity contribution >= 4 is 5.97 Å². The third kappa shape index (κ3) is 4.02. The molecule has 1 aromatic carbocycles. The number of aryl methyl sites for hydroxylation is 1. The van der Waals surface area contributed by atoms with Crippen molar-refractivity contribution in [3.8, 4) is 18.1 Å². The van der Waals surface area contributed by atoms with Crippen LogP contribution in [0.2, 0.25) is 0 Å². The molecular formula is C22H26O5. The Morgan fingerprint density at radius 3 is 2.96 bits per heavy atom. The molecule has 4 unspecified atom stereocenters. The van der Waals surface area contributed by atoms with Gasteiger partial charge in [-0.05, 0) is 25.3 Å². The number of fused-ring (bicyclic) bond motifs is 3. The molecule has 3 N–H and O–H groups in total. The van der Waals surface area contributed by atoms with E-state index >= 15 is 0 Å². The lowest BCUT2D eigenvalue weighted by Crippen LogP contribution is -2.18. The Hall–Kier alpha value is -2.29. The van der Waals surface area contributed by atoms with Gasteiger partial charge in [0.1, 0.15) is 11.9 Å². The number of aliphatic hydroxyl groups is 2. The van der Waals surface area contributed by atoms with Crippen LogP contribution in [0.15, 0.2) is 30.4 Å². The van der Waals surface area contributed by atoms with Crippen molar-refractivity contribution in [2.75, 3.05) is 0 Å². The standard InChI is InChI=1S/C22H26O5/c1-3-13(2)17(23)11-10-15-18(24)12-19-21(15)16-8-4-6-14(22(16)27-19)7-5-9-20(25)26/h1,4,6,8,10-11,13,15,17-19,21,23-24H,5,7,9,12H2,2H3,(H,25,26)/b11-10+/t13?,15-,17+,18?,19?,21?/m0/s1. The van der Waals surface area contributed by atoms with Crippen molar-refractivity contribution in [2.24, 2.45) is 11.8 Å². The van der Waals surface area contributed by atoms with Gasteiger partial charge in [-0.1, -0.05) is 30.4 Å². The summed E-state index contributed by atoms with van der Waals surface area (Å²) in [6.07, 6.45) is 9.39. The molecule has 1 saturated carbocycles. The average molecular weight is 370 g/mol. The molecule has 144 valence electrons. The van der Waals surface area contributed by atoms with Crippen molar-refractivity contribution < 1.29 is 24.9 Å². The SMILES string of the molecule is C#CC(C)[C@H](O)/C=C/[C@H]1C(O)CC2Oc3c(CCCC(=O)O)cccc3C21. The summed E-state index contributed by atoms with van der Waals surface area (Å²) in [4.78, 5) is 10.8. The Labute approximate surface area is 159 Å². The maximum absolute atomic E-state index is 10.8. The molecule has 2 aliphatic rings. The van der Waals surface area contributed by atoms with Crippen LogP contribution in [0, 0.1) is 24.2 Å². The third-order valence-corrected chi connectivity index (χ3v) is 5.63. The van der Waals surface area contributed by atoms with Crippen molar-refractivity contribution in [2.45, 2.75) is 56.8 Å². The minimum atomic E-state index is -0.798. The molecule has 27 heavy (non-hydrogen) atoms. The Balaban J connectivity index is 1.79. The second kappa shape index (κ2) is 8.16. The Kier molecular flexibility index (Phi) is 5.88. The van der Waals surface area contributed by atoms with Crippen LogP contribution >= 0.6 is 0 Å². The summed E-state index contributed by atoms with van der Waals surface area (Å²) in [6.45, 7) is 1.78. The van der Waals surface area contributed by atoms with Gasteiger partial charge < -0.3 is 20.1 Å². The molecule has 6 atom stereocenters. The van der Waals surface area contributed by atoms with Crippen LogP contribution in [-0.4, -0.2) is 39.6 Å². The molecule has 0 aromatic heterocycles. The zero-order valence-corrected chi connectivity index (χ0v) is 15.4. The fourth-order valence-electron chi connectivity index (χ4n) is 4.10. The largest absolute Gasteiger partial charge is 0.489 e. The molecule has 1 aliphatic carbocycles. The van der Waals surface area contributed by atoms with Gasteiger partial charge in [-0.2, -0.15) is 0 Å². The highest BCUT2D eigenvalue weighted by Gasteiger charge is 2.48. The Bertz CT molecular complexity index is 762. The molecule has 0 bridgehead atoms. The predicted octanol–water partition coefficient (Wildman–Crippen LogP) is 2.51. The van der Waals surface area contributed by atoms with E-state index in [1.54, 1.807) is 13.0 Å². The Morgan fingerprint density at radius 1 is 1.48 bits per heavy atom. The molecule has 5 nitrogen and oxygen atoms in total. The van der Waals surface area contributed by atoms with Gasteiger partial charge in [0.25, 0.3) is 0 Å². The minimum Gasteiger partial charge on any atom is -0.489 e. The number of aliphatic hydroxyl groups excluding tert-OH is 2. The van der Waals surface area contributed by atoms with Gasteiger partial charge in [-0.3, -0.25) is 4.79 Å². The first-order valence-electron chi connectivity index (χ1n) is 9.43. The highest BCUT2D eigenvalue weighted by molar-refractivity contribution is 5.66. The number of ether oxygens (including phenoxy) is 1. The normalized spacial score (nSPS) is 28.2. The third-order valence-electron chi connectivity index (χ3n) is 5.63. The summed E-state index contributed by atoms with van der Waals surface area (Å²) >= 11 is 0. The first-order valence-corrected chi connectivity index (χ1v) is 9.43. The monoisotopic (exact) mass is 370 g/mol. The lowest BCUT2D eigenvalue weighted by molar-refractivity contribution is -0.137. The summed E-state index contributed by atoms with van der Waals surface area (Å²) in [7, 11) is 0. The molecule has 0 spiro atoms. The molecule has 1 aliphatic heterocycles. The molecule has 1 fully saturated rings. The first kappa shape index (κ1) is 19.5. The molecule has 0 amide bonds. The van der Waals surface area contributed by atoms with E-state index in [1.807, 2.05) is 24.3 Å². The lowest BCUT2D eigenvalue weighted by atomic mass is 9.86. The smallest absolute Gasteiger partial charge is 0.303 e. The van der Waals surface area contributed by atoms with E-state index < -0.39 is 18.2 Å².